The molecule has 2 aliphatic carbocycles. The quantitative estimate of drug-likeness (QED) is 0.588. The van der Waals surface area contributed by atoms with Gasteiger partial charge in [0, 0.05) is 17.6 Å². The van der Waals surface area contributed by atoms with Crippen molar-refractivity contribution in [1.29, 1.82) is 0 Å². The summed E-state index contributed by atoms with van der Waals surface area (Å²) in [6, 6.07) is 5.32. The van der Waals surface area contributed by atoms with Gasteiger partial charge in [-0.15, -0.1) is 12.4 Å². The Labute approximate surface area is 156 Å². The topological polar surface area (TPSA) is 121 Å². The molecule has 8 heteroatoms. The highest BCUT2D eigenvalue weighted by Gasteiger charge is 2.39. The van der Waals surface area contributed by atoms with Gasteiger partial charge in [-0.2, -0.15) is 0 Å². The number of carbonyl (C=O) groups is 1. The zero-order valence-electron chi connectivity index (χ0n) is 14.3. The third-order valence-corrected chi connectivity index (χ3v) is 5.66. The first-order chi connectivity index (χ1) is 12.0. The molecule has 26 heavy (non-hydrogen) atoms. The third-order valence-electron chi connectivity index (χ3n) is 5.66. The van der Waals surface area contributed by atoms with Crippen LogP contribution in [-0.2, 0) is 0 Å². The standard InChI is InChI=1S/C18H22N4O3.ClH/c19-12-6-9-2-1-3-10(7-12)15(9)22-16(23)11-4-5-13-14(8-11)21-18(25)17(24)20-13;/h4-5,8-10,12,15H,1-3,6-7,19H2,(H,20,24)(H,21,25)(H,22,23);1H. The molecule has 2 aliphatic rings. The molecular weight excluding hydrogens is 356 g/mol. The van der Waals surface area contributed by atoms with Crippen LogP contribution in [-0.4, -0.2) is 28.0 Å². The molecule has 2 saturated carbocycles. The Morgan fingerprint density at radius 1 is 1.04 bits per heavy atom. The predicted octanol–water partition coefficient (Wildman–Crippen LogP) is 1.27. The van der Waals surface area contributed by atoms with E-state index in [9.17, 15) is 14.4 Å². The summed E-state index contributed by atoms with van der Waals surface area (Å²) in [5, 5.41) is 3.19. The summed E-state index contributed by atoms with van der Waals surface area (Å²) >= 11 is 0. The first-order valence-electron chi connectivity index (χ1n) is 8.84. The van der Waals surface area contributed by atoms with Crippen LogP contribution in [0.25, 0.3) is 11.0 Å². The second kappa shape index (κ2) is 7.25. The van der Waals surface area contributed by atoms with E-state index < -0.39 is 11.1 Å². The summed E-state index contributed by atoms with van der Waals surface area (Å²) in [6.07, 6.45) is 5.36. The van der Waals surface area contributed by atoms with Gasteiger partial charge in [-0.05, 0) is 55.7 Å². The monoisotopic (exact) mass is 378 g/mol. The van der Waals surface area contributed by atoms with E-state index in [-0.39, 0.29) is 30.4 Å². The summed E-state index contributed by atoms with van der Waals surface area (Å²) in [6.45, 7) is 0. The summed E-state index contributed by atoms with van der Waals surface area (Å²) < 4.78 is 0. The largest absolute Gasteiger partial charge is 0.349 e. The summed E-state index contributed by atoms with van der Waals surface area (Å²) in [5.74, 6) is 0.748. The van der Waals surface area contributed by atoms with Gasteiger partial charge in [0.15, 0.2) is 0 Å². The molecule has 2 fully saturated rings. The molecule has 0 spiro atoms. The highest BCUT2D eigenvalue weighted by Crippen LogP contribution is 2.39. The van der Waals surface area contributed by atoms with E-state index in [0.717, 1.165) is 25.7 Å². The molecule has 4 rings (SSSR count). The highest BCUT2D eigenvalue weighted by atomic mass is 35.5. The molecule has 2 atom stereocenters. The minimum absolute atomic E-state index is 0. The van der Waals surface area contributed by atoms with Gasteiger partial charge < -0.3 is 21.0 Å². The Hall–Kier alpha value is -2.12. The number of aromatic amines is 2. The molecule has 0 saturated heterocycles. The number of halogens is 1. The molecule has 0 radical (unpaired) electrons. The van der Waals surface area contributed by atoms with Crippen LogP contribution in [0.1, 0.15) is 42.5 Å². The molecule has 1 aromatic carbocycles. The van der Waals surface area contributed by atoms with Crippen LogP contribution in [0.15, 0.2) is 27.8 Å². The number of aromatic nitrogens is 2. The Balaban J connectivity index is 0.00000196. The number of benzene rings is 1. The first kappa shape index (κ1) is 18.7. The van der Waals surface area contributed by atoms with Crippen molar-refractivity contribution in [2.45, 2.75) is 44.2 Å². The fourth-order valence-electron chi connectivity index (χ4n) is 4.52. The molecule has 1 amide bonds. The van der Waals surface area contributed by atoms with Crippen LogP contribution in [0.2, 0.25) is 0 Å². The Morgan fingerprint density at radius 2 is 1.65 bits per heavy atom. The number of hydrogen-bond donors (Lipinski definition) is 4. The average molecular weight is 379 g/mol. The Morgan fingerprint density at radius 3 is 2.31 bits per heavy atom. The zero-order valence-corrected chi connectivity index (χ0v) is 15.1. The predicted molar refractivity (Wildman–Crippen MR) is 102 cm³/mol. The second-order valence-electron chi connectivity index (χ2n) is 7.35. The maximum atomic E-state index is 12.7. The minimum Gasteiger partial charge on any atom is -0.349 e. The molecular formula is C18H23ClN4O3. The second-order valence-corrected chi connectivity index (χ2v) is 7.35. The fraction of sp³-hybridized carbons (Fsp3) is 0.500. The number of amides is 1. The van der Waals surface area contributed by atoms with Gasteiger partial charge in [-0.25, -0.2) is 0 Å². The van der Waals surface area contributed by atoms with Gasteiger partial charge in [0.05, 0.1) is 11.0 Å². The van der Waals surface area contributed by atoms with E-state index in [2.05, 4.69) is 15.3 Å². The van der Waals surface area contributed by atoms with E-state index >= 15 is 0 Å². The third kappa shape index (κ3) is 3.41. The van der Waals surface area contributed by atoms with E-state index in [1.165, 1.54) is 6.42 Å². The van der Waals surface area contributed by atoms with Crippen molar-refractivity contribution in [2.75, 3.05) is 0 Å². The number of carbonyl (C=O) groups excluding carboxylic acids is 1. The van der Waals surface area contributed by atoms with Gasteiger partial charge in [0.2, 0.25) is 0 Å². The van der Waals surface area contributed by atoms with Crippen LogP contribution in [0, 0.1) is 11.8 Å². The van der Waals surface area contributed by atoms with Crippen molar-refractivity contribution in [2.24, 2.45) is 17.6 Å². The van der Waals surface area contributed by atoms with Crippen molar-refractivity contribution in [3.63, 3.8) is 0 Å². The van der Waals surface area contributed by atoms with Crippen LogP contribution in [0.3, 0.4) is 0 Å². The van der Waals surface area contributed by atoms with Crippen LogP contribution >= 0.6 is 12.4 Å². The molecule has 2 aromatic rings. The number of nitrogens with two attached hydrogens (primary N) is 1. The number of rotatable bonds is 2. The van der Waals surface area contributed by atoms with Gasteiger partial charge in [-0.1, -0.05) is 6.42 Å². The summed E-state index contributed by atoms with van der Waals surface area (Å²) in [7, 11) is 0. The van der Waals surface area contributed by atoms with Crippen molar-refractivity contribution in [3.8, 4) is 0 Å². The first-order valence-corrected chi connectivity index (χ1v) is 8.84. The molecule has 1 aromatic heterocycles. The Bertz CT molecular complexity index is 924. The lowest BCUT2D eigenvalue weighted by molar-refractivity contribution is 0.0756. The lowest BCUT2D eigenvalue weighted by Gasteiger charge is -2.45. The number of H-pyrrole nitrogens is 2. The molecule has 0 aliphatic heterocycles. The molecule has 140 valence electrons. The van der Waals surface area contributed by atoms with Crippen LogP contribution in [0.4, 0.5) is 0 Å². The summed E-state index contributed by atoms with van der Waals surface area (Å²) in [4.78, 5) is 40.6. The maximum absolute atomic E-state index is 12.7. The number of hydrogen-bond acceptors (Lipinski definition) is 4. The Kier molecular flexibility index (Phi) is 5.20. The zero-order chi connectivity index (χ0) is 17.6. The van der Waals surface area contributed by atoms with Gasteiger partial charge in [0.25, 0.3) is 5.91 Å². The highest BCUT2D eigenvalue weighted by molar-refractivity contribution is 5.97. The molecule has 1 heterocycles. The SMILES string of the molecule is Cl.NC1CC2CCCC(C1)C2NC(=O)c1ccc2[nH]c(=O)c(=O)[nH]c2c1. The normalized spacial score (nSPS) is 27.6. The molecule has 7 nitrogen and oxygen atoms in total. The summed E-state index contributed by atoms with van der Waals surface area (Å²) in [5.41, 5.74) is 6.15. The van der Waals surface area contributed by atoms with Crippen molar-refractivity contribution < 1.29 is 4.79 Å². The van der Waals surface area contributed by atoms with Gasteiger partial charge in [0.1, 0.15) is 0 Å². The van der Waals surface area contributed by atoms with E-state index in [4.69, 9.17) is 5.73 Å². The van der Waals surface area contributed by atoms with Crippen molar-refractivity contribution in [3.05, 3.63) is 44.5 Å². The maximum Gasteiger partial charge on any atom is 0.314 e. The van der Waals surface area contributed by atoms with Gasteiger partial charge >= 0.3 is 11.1 Å². The lowest BCUT2D eigenvalue weighted by atomic mass is 9.67. The fourth-order valence-corrected chi connectivity index (χ4v) is 4.52. The van der Waals surface area contributed by atoms with Crippen molar-refractivity contribution in [1.82, 2.24) is 15.3 Å². The molecule has 2 bridgehead atoms. The van der Waals surface area contributed by atoms with Crippen LogP contribution in [0.5, 0.6) is 0 Å². The van der Waals surface area contributed by atoms with Crippen molar-refractivity contribution >= 4 is 29.3 Å². The van der Waals surface area contributed by atoms with E-state index in [1.54, 1.807) is 18.2 Å². The van der Waals surface area contributed by atoms with Crippen LogP contribution < -0.4 is 22.2 Å². The number of fused-ring (bicyclic) bond motifs is 3. The number of nitrogens with one attached hydrogen (secondary N) is 3. The lowest BCUT2D eigenvalue weighted by Crippen LogP contribution is -2.53. The van der Waals surface area contributed by atoms with Gasteiger partial charge in [-0.3, -0.25) is 14.4 Å². The molecule has 2 unspecified atom stereocenters. The minimum atomic E-state index is -0.721. The van der Waals surface area contributed by atoms with E-state index in [0.29, 0.717) is 28.4 Å². The average Bonchev–Trinajstić information content (AvgIpc) is 2.56. The van der Waals surface area contributed by atoms with E-state index in [1.807, 2.05) is 0 Å². The smallest absolute Gasteiger partial charge is 0.314 e. The molecule has 5 N–H and O–H groups in total.